The Hall–Kier alpha value is -3.17. The normalized spacial score (nSPS) is 21.9. The number of carbonyl (C=O) groups excluding carboxylic acids is 1. The van der Waals surface area contributed by atoms with Crippen LogP contribution in [0.5, 0.6) is 28.7 Å². The molecule has 0 bridgehead atoms. The molecule has 0 saturated carbocycles. The largest absolute Gasteiger partial charge is 0.493 e. The fraction of sp³-hybridized carbons (Fsp3) is 0.618. The van der Waals surface area contributed by atoms with Gasteiger partial charge in [-0.2, -0.15) is 0 Å². The van der Waals surface area contributed by atoms with Crippen LogP contribution >= 0.6 is 0 Å². The molecule has 3 aliphatic rings. The lowest BCUT2D eigenvalue weighted by atomic mass is 9.76. The summed E-state index contributed by atoms with van der Waals surface area (Å²) in [5.74, 6) is 2.82. The average molecular weight is 596 g/mol. The van der Waals surface area contributed by atoms with E-state index in [1.165, 1.54) is 50.8 Å². The maximum Gasteiger partial charge on any atom is 0.254 e. The first kappa shape index (κ1) is 31.3. The third kappa shape index (κ3) is 6.68. The number of nitrogens with zero attached hydrogens (tertiary/aromatic N) is 3. The van der Waals surface area contributed by atoms with E-state index in [1.807, 2.05) is 11.0 Å². The van der Waals surface area contributed by atoms with E-state index < -0.39 is 0 Å². The Labute approximate surface area is 257 Å². The van der Waals surface area contributed by atoms with Gasteiger partial charge in [-0.25, -0.2) is 0 Å². The monoisotopic (exact) mass is 595 g/mol. The number of ether oxygens (including phenoxy) is 5. The van der Waals surface area contributed by atoms with Crippen LogP contribution in [0, 0.1) is 0 Å². The van der Waals surface area contributed by atoms with Crippen molar-refractivity contribution in [1.82, 2.24) is 14.7 Å². The second kappa shape index (κ2) is 14.1. The van der Waals surface area contributed by atoms with E-state index in [1.54, 1.807) is 47.7 Å². The molecule has 0 aliphatic carbocycles. The lowest BCUT2D eigenvalue weighted by Gasteiger charge is -2.41. The second-order valence-electron chi connectivity index (χ2n) is 12.2. The van der Waals surface area contributed by atoms with Crippen molar-refractivity contribution in [3.05, 3.63) is 41.5 Å². The molecule has 3 heterocycles. The molecule has 1 atom stereocenters. The Balaban J connectivity index is 1.35. The molecule has 0 radical (unpaired) electrons. The van der Waals surface area contributed by atoms with Crippen molar-refractivity contribution in [2.75, 3.05) is 81.4 Å². The van der Waals surface area contributed by atoms with E-state index in [0.717, 1.165) is 44.3 Å². The Morgan fingerprint density at radius 2 is 1.42 bits per heavy atom. The minimum absolute atomic E-state index is 0.0380. The summed E-state index contributed by atoms with van der Waals surface area (Å²) in [6.45, 7) is 7.11. The molecule has 1 amide bonds. The van der Waals surface area contributed by atoms with Gasteiger partial charge in [0.05, 0.1) is 35.5 Å². The molecule has 3 saturated heterocycles. The number of hydrogen-bond donors (Lipinski definition) is 0. The van der Waals surface area contributed by atoms with Crippen LogP contribution in [0.1, 0.15) is 60.9 Å². The number of hydrogen-bond acceptors (Lipinski definition) is 8. The molecule has 2 aromatic rings. The van der Waals surface area contributed by atoms with Crippen LogP contribution in [0.4, 0.5) is 0 Å². The van der Waals surface area contributed by atoms with E-state index in [-0.39, 0.29) is 11.3 Å². The SMILES string of the molecule is COc1ccc([C@]2(CCN3CCC(N4CCCCC4)CC3)CCN(C(=O)c3cc(OC)c(OC)c(OC)c3)C2)cc1OC. The molecule has 0 unspecified atom stereocenters. The quantitative estimate of drug-likeness (QED) is 0.365. The molecule has 0 aromatic heterocycles. The molecule has 236 valence electrons. The van der Waals surface area contributed by atoms with Crippen LogP contribution in [-0.2, 0) is 5.41 Å². The Bertz CT molecular complexity index is 1220. The predicted molar refractivity (Wildman–Crippen MR) is 167 cm³/mol. The standard InChI is InChI=1S/C34H49N3O6/c1-39-28-10-9-26(23-29(28)40-2)34(13-19-35-17-11-27(12-18-35)36-15-7-6-8-16-36)14-20-37(24-34)33(38)25-21-30(41-3)32(43-5)31(22-25)42-4/h9-10,21-23,27H,6-8,11-20,24H2,1-5H3/t34-/m1/s1. The van der Waals surface area contributed by atoms with Gasteiger partial charge in [0, 0.05) is 30.1 Å². The van der Waals surface area contributed by atoms with Crippen LogP contribution in [0.25, 0.3) is 0 Å². The summed E-state index contributed by atoms with van der Waals surface area (Å²) >= 11 is 0. The first-order valence-electron chi connectivity index (χ1n) is 15.7. The fourth-order valence-electron chi connectivity index (χ4n) is 7.35. The van der Waals surface area contributed by atoms with Crippen molar-refractivity contribution in [1.29, 1.82) is 0 Å². The lowest BCUT2D eigenvalue weighted by molar-refractivity contribution is 0.0771. The van der Waals surface area contributed by atoms with Crippen LogP contribution < -0.4 is 23.7 Å². The third-order valence-electron chi connectivity index (χ3n) is 9.92. The Morgan fingerprint density at radius 3 is 2.02 bits per heavy atom. The van der Waals surface area contributed by atoms with Crippen molar-refractivity contribution in [2.45, 2.75) is 56.4 Å². The maximum atomic E-state index is 13.9. The van der Waals surface area contributed by atoms with E-state index in [9.17, 15) is 4.79 Å². The van der Waals surface area contributed by atoms with Gasteiger partial charge in [0.15, 0.2) is 23.0 Å². The van der Waals surface area contributed by atoms with Crippen molar-refractivity contribution >= 4 is 5.91 Å². The smallest absolute Gasteiger partial charge is 0.254 e. The highest BCUT2D eigenvalue weighted by atomic mass is 16.5. The van der Waals surface area contributed by atoms with Crippen LogP contribution in [0.15, 0.2) is 30.3 Å². The third-order valence-corrected chi connectivity index (χ3v) is 9.92. The number of piperidine rings is 2. The first-order valence-corrected chi connectivity index (χ1v) is 15.7. The van der Waals surface area contributed by atoms with Gasteiger partial charge in [-0.3, -0.25) is 4.79 Å². The predicted octanol–water partition coefficient (Wildman–Crippen LogP) is 4.85. The molecular weight excluding hydrogens is 546 g/mol. The van der Waals surface area contributed by atoms with Gasteiger partial charge >= 0.3 is 0 Å². The average Bonchev–Trinajstić information content (AvgIpc) is 3.52. The summed E-state index contributed by atoms with van der Waals surface area (Å²) in [6, 6.07) is 10.5. The van der Waals surface area contributed by atoms with Gasteiger partial charge in [-0.1, -0.05) is 12.5 Å². The number of amides is 1. The zero-order chi connectivity index (χ0) is 30.4. The van der Waals surface area contributed by atoms with E-state index in [0.29, 0.717) is 41.7 Å². The summed E-state index contributed by atoms with van der Waals surface area (Å²) in [6.07, 6.45) is 8.41. The van der Waals surface area contributed by atoms with Gasteiger partial charge in [0.2, 0.25) is 5.75 Å². The number of methoxy groups -OCH3 is 5. The van der Waals surface area contributed by atoms with Gasteiger partial charge < -0.3 is 38.4 Å². The number of rotatable bonds is 11. The molecule has 9 heteroatoms. The zero-order valence-corrected chi connectivity index (χ0v) is 26.7. The minimum Gasteiger partial charge on any atom is -0.493 e. The first-order chi connectivity index (χ1) is 20.9. The van der Waals surface area contributed by atoms with Crippen molar-refractivity contribution in [2.24, 2.45) is 0 Å². The van der Waals surface area contributed by atoms with Gasteiger partial charge in [-0.05, 0) is 101 Å². The molecule has 9 nitrogen and oxygen atoms in total. The molecule has 0 N–H and O–H groups in total. The minimum atomic E-state index is -0.195. The van der Waals surface area contributed by atoms with Gasteiger partial charge in [0.1, 0.15) is 0 Å². The number of carbonyl (C=O) groups is 1. The highest BCUT2D eigenvalue weighted by Gasteiger charge is 2.42. The maximum absolute atomic E-state index is 13.9. The Morgan fingerprint density at radius 1 is 0.767 bits per heavy atom. The lowest BCUT2D eigenvalue weighted by Crippen LogP contribution is -2.47. The van der Waals surface area contributed by atoms with Crippen molar-refractivity contribution in [3.8, 4) is 28.7 Å². The van der Waals surface area contributed by atoms with Crippen LogP contribution in [-0.4, -0.2) is 108 Å². The summed E-state index contributed by atoms with van der Waals surface area (Å²) in [5, 5.41) is 0. The number of likely N-dealkylation sites (tertiary alicyclic amines) is 3. The fourth-order valence-corrected chi connectivity index (χ4v) is 7.35. The highest BCUT2D eigenvalue weighted by Crippen LogP contribution is 2.43. The molecular formula is C34H49N3O6. The summed E-state index contributed by atoms with van der Waals surface area (Å²) in [5.41, 5.74) is 1.52. The molecule has 3 aliphatic heterocycles. The topological polar surface area (TPSA) is 72.9 Å². The molecule has 2 aromatic carbocycles. The molecule has 5 rings (SSSR count). The summed E-state index contributed by atoms with van der Waals surface area (Å²) in [7, 11) is 8.04. The Kier molecular flexibility index (Phi) is 10.2. The van der Waals surface area contributed by atoms with E-state index in [2.05, 4.69) is 21.9 Å². The number of benzene rings is 2. The van der Waals surface area contributed by atoms with Crippen LogP contribution in [0.2, 0.25) is 0 Å². The second-order valence-corrected chi connectivity index (χ2v) is 12.2. The molecule has 43 heavy (non-hydrogen) atoms. The van der Waals surface area contributed by atoms with E-state index in [4.69, 9.17) is 23.7 Å². The zero-order valence-electron chi connectivity index (χ0n) is 26.7. The van der Waals surface area contributed by atoms with Crippen molar-refractivity contribution in [3.63, 3.8) is 0 Å². The summed E-state index contributed by atoms with van der Waals surface area (Å²) in [4.78, 5) is 21.3. The van der Waals surface area contributed by atoms with Gasteiger partial charge in [0.25, 0.3) is 5.91 Å². The highest BCUT2D eigenvalue weighted by molar-refractivity contribution is 5.96. The molecule has 0 spiro atoms. The molecule has 3 fully saturated rings. The van der Waals surface area contributed by atoms with Gasteiger partial charge in [-0.15, -0.1) is 0 Å². The van der Waals surface area contributed by atoms with Crippen molar-refractivity contribution < 1.29 is 28.5 Å². The van der Waals surface area contributed by atoms with Crippen LogP contribution in [0.3, 0.4) is 0 Å². The summed E-state index contributed by atoms with van der Waals surface area (Å²) < 4.78 is 27.8. The van der Waals surface area contributed by atoms with E-state index >= 15 is 0 Å².